The molecule has 1 aliphatic carbocycles. The Morgan fingerprint density at radius 1 is 1.25 bits per heavy atom. The van der Waals surface area contributed by atoms with Crippen molar-refractivity contribution in [2.75, 3.05) is 12.4 Å². The first-order valence-electron chi connectivity index (χ1n) is 7.56. The maximum Gasteiger partial charge on any atom is 0.471 e. The summed E-state index contributed by atoms with van der Waals surface area (Å²) in [5, 5.41) is 1.75. The Bertz CT molecular complexity index is 659. The molecule has 0 unspecified atom stereocenters. The summed E-state index contributed by atoms with van der Waals surface area (Å²) in [7, 11) is 1.17. The first kappa shape index (κ1) is 18.8. The third-order valence-electron chi connectivity index (χ3n) is 4.36. The molecular weight excluding hydrogens is 343 g/mol. The molecule has 134 valence electrons. The van der Waals surface area contributed by atoms with E-state index in [4.69, 9.17) is 4.74 Å². The fourth-order valence-electron chi connectivity index (χ4n) is 2.91. The summed E-state index contributed by atoms with van der Waals surface area (Å²) in [5.74, 6) is -2.45. The molecule has 0 radical (unpaired) electrons. The minimum atomic E-state index is -5.01. The van der Waals surface area contributed by atoms with E-state index in [1.165, 1.54) is 7.11 Å². The van der Waals surface area contributed by atoms with E-state index < -0.39 is 18.1 Å². The number of hydrogen-bond acceptors (Lipinski definition) is 4. The highest BCUT2D eigenvalue weighted by Gasteiger charge is 2.41. The molecule has 2 rings (SSSR count). The second-order valence-electron chi connectivity index (χ2n) is 6.96. The van der Waals surface area contributed by atoms with Crippen molar-refractivity contribution in [2.45, 2.75) is 46.2 Å². The van der Waals surface area contributed by atoms with Crippen molar-refractivity contribution >= 4 is 28.2 Å². The first-order valence-corrected chi connectivity index (χ1v) is 8.37. The highest BCUT2D eigenvalue weighted by molar-refractivity contribution is 7.17. The standard InChI is InChI=1S/C16H20F3NO3S/c1-15(2,3)8-5-6-9-10(7-8)24-12(11(9)13(21)23-4)20-14(22)16(17,18)19/h8H,5-7H2,1-4H3,(H,20,22)/t8-/m1/s1. The molecule has 1 aliphatic rings. The number of methoxy groups -OCH3 is 1. The predicted octanol–water partition coefficient (Wildman–Crippen LogP) is 4.19. The van der Waals surface area contributed by atoms with Gasteiger partial charge in [-0.1, -0.05) is 20.8 Å². The van der Waals surface area contributed by atoms with E-state index in [1.54, 1.807) is 0 Å². The number of fused-ring (bicyclic) bond motifs is 1. The molecule has 1 amide bonds. The van der Waals surface area contributed by atoms with Gasteiger partial charge in [0, 0.05) is 4.88 Å². The summed E-state index contributed by atoms with van der Waals surface area (Å²) in [6, 6.07) is 0. The van der Waals surface area contributed by atoms with Gasteiger partial charge in [0.05, 0.1) is 12.7 Å². The zero-order chi connectivity index (χ0) is 18.3. The van der Waals surface area contributed by atoms with Crippen LogP contribution in [-0.2, 0) is 22.4 Å². The Morgan fingerprint density at radius 2 is 1.88 bits per heavy atom. The van der Waals surface area contributed by atoms with Crippen molar-refractivity contribution in [3.8, 4) is 0 Å². The highest BCUT2D eigenvalue weighted by atomic mass is 32.1. The van der Waals surface area contributed by atoms with E-state index >= 15 is 0 Å². The molecule has 0 bridgehead atoms. The summed E-state index contributed by atoms with van der Waals surface area (Å²) < 4.78 is 42.3. The predicted molar refractivity (Wildman–Crippen MR) is 85.3 cm³/mol. The van der Waals surface area contributed by atoms with Crippen molar-refractivity contribution < 1.29 is 27.5 Å². The fraction of sp³-hybridized carbons (Fsp3) is 0.625. The lowest BCUT2D eigenvalue weighted by Crippen LogP contribution is -2.30. The number of alkyl halides is 3. The monoisotopic (exact) mass is 363 g/mol. The number of carbonyl (C=O) groups excluding carboxylic acids is 2. The van der Waals surface area contributed by atoms with Crippen LogP contribution >= 0.6 is 11.3 Å². The molecule has 24 heavy (non-hydrogen) atoms. The molecule has 0 spiro atoms. The van der Waals surface area contributed by atoms with E-state index in [-0.39, 0.29) is 16.0 Å². The number of anilines is 1. The van der Waals surface area contributed by atoms with Crippen molar-refractivity contribution in [1.82, 2.24) is 0 Å². The molecule has 1 aromatic heterocycles. The van der Waals surface area contributed by atoms with Crippen LogP contribution in [0.2, 0.25) is 0 Å². The average Bonchev–Trinajstić information content (AvgIpc) is 2.81. The maximum absolute atomic E-state index is 12.5. The van der Waals surface area contributed by atoms with E-state index in [0.717, 1.165) is 22.6 Å². The number of halogens is 3. The highest BCUT2D eigenvalue weighted by Crippen LogP contribution is 2.44. The maximum atomic E-state index is 12.5. The molecule has 0 aromatic carbocycles. The van der Waals surface area contributed by atoms with Gasteiger partial charge in [0.2, 0.25) is 0 Å². The van der Waals surface area contributed by atoms with Crippen molar-refractivity contribution in [1.29, 1.82) is 0 Å². The summed E-state index contributed by atoms with van der Waals surface area (Å²) >= 11 is 1.04. The second kappa shape index (κ2) is 6.38. The van der Waals surface area contributed by atoms with Gasteiger partial charge in [-0.2, -0.15) is 13.2 Å². The molecule has 1 aromatic rings. The van der Waals surface area contributed by atoms with Gasteiger partial charge in [0.1, 0.15) is 5.00 Å². The molecule has 4 nitrogen and oxygen atoms in total. The summed E-state index contributed by atoms with van der Waals surface area (Å²) in [6.45, 7) is 6.34. The smallest absolute Gasteiger partial charge is 0.465 e. The SMILES string of the molecule is COC(=O)c1c(NC(=O)C(F)(F)F)sc2c1CC[C@@H](C(C)(C)C)C2. The Kier molecular flexibility index (Phi) is 4.99. The van der Waals surface area contributed by atoms with E-state index in [0.29, 0.717) is 24.3 Å². The van der Waals surface area contributed by atoms with Crippen LogP contribution in [0.5, 0.6) is 0 Å². The zero-order valence-electron chi connectivity index (χ0n) is 14.0. The van der Waals surface area contributed by atoms with Crippen LogP contribution in [0.15, 0.2) is 0 Å². The number of hydrogen-bond donors (Lipinski definition) is 1. The topological polar surface area (TPSA) is 55.4 Å². The number of amides is 1. The molecule has 1 N–H and O–H groups in total. The summed E-state index contributed by atoms with van der Waals surface area (Å²) in [5.41, 5.74) is 0.815. The number of thiophene rings is 1. The molecular formula is C16H20F3NO3S. The third-order valence-corrected chi connectivity index (χ3v) is 5.53. The molecule has 8 heteroatoms. The lowest BCUT2D eigenvalue weighted by molar-refractivity contribution is -0.167. The Morgan fingerprint density at radius 3 is 2.38 bits per heavy atom. The zero-order valence-corrected chi connectivity index (χ0v) is 14.8. The molecule has 0 fully saturated rings. The lowest BCUT2D eigenvalue weighted by Gasteiger charge is -2.33. The number of esters is 1. The van der Waals surface area contributed by atoms with Crippen molar-refractivity contribution in [2.24, 2.45) is 11.3 Å². The van der Waals surface area contributed by atoms with Crippen LogP contribution in [0.3, 0.4) is 0 Å². The number of carbonyl (C=O) groups is 2. The normalized spacial score (nSPS) is 18.0. The molecule has 0 saturated carbocycles. The Balaban J connectivity index is 2.41. The van der Waals surface area contributed by atoms with Gasteiger partial charge in [0.15, 0.2) is 0 Å². The van der Waals surface area contributed by atoms with Crippen LogP contribution in [0.4, 0.5) is 18.2 Å². The van der Waals surface area contributed by atoms with Crippen LogP contribution in [0.25, 0.3) is 0 Å². The molecule has 1 heterocycles. The van der Waals surface area contributed by atoms with Crippen molar-refractivity contribution in [3.63, 3.8) is 0 Å². The van der Waals surface area contributed by atoms with Crippen LogP contribution in [0.1, 0.15) is 48.0 Å². The van der Waals surface area contributed by atoms with E-state index in [2.05, 4.69) is 20.8 Å². The van der Waals surface area contributed by atoms with E-state index in [9.17, 15) is 22.8 Å². The van der Waals surface area contributed by atoms with Gasteiger partial charge in [-0.25, -0.2) is 4.79 Å². The van der Waals surface area contributed by atoms with Gasteiger partial charge in [-0.15, -0.1) is 11.3 Å². The van der Waals surface area contributed by atoms with Crippen LogP contribution < -0.4 is 5.32 Å². The minimum Gasteiger partial charge on any atom is -0.465 e. The Labute approximate surface area is 142 Å². The third kappa shape index (κ3) is 3.74. The summed E-state index contributed by atoms with van der Waals surface area (Å²) in [4.78, 5) is 24.1. The molecule has 1 atom stereocenters. The summed E-state index contributed by atoms with van der Waals surface area (Å²) in [6.07, 6.45) is -2.91. The number of ether oxygens (including phenoxy) is 1. The van der Waals surface area contributed by atoms with Crippen LogP contribution in [-0.4, -0.2) is 25.2 Å². The second-order valence-corrected chi connectivity index (χ2v) is 8.06. The van der Waals surface area contributed by atoms with Gasteiger partial charge >= 0.3 is 18.1 Å². The van der Waals surface area contributed by atoms with Gasteiger partial charge in [-0.05, 0) is 36.2 Å². The Hall–Kier alpha value is -1.57. The average molecular weight is 363 g/mol. The molecule has 0 saturated heterocycles. The molecule has 0 aliphatic heterocycles. The number of rotatable bonds is 2. The minimum absolute atomic E-state index is 0.0578. The van der Waals surface area contributed by atoms with Gasteiger partial charge in [-0.3, -0.25) is 4.79 Å². The van der Waals surface area contributed by atoms with Crippen molar-refractivity contribution in [3.05, 3.63) is 16.0 Å². The quantitative estimate of drug-likeness (QED) is 0.802. The number of nitrogens with one attached hydrogen (secondary N) is 1. The largest absolute Gasteiger partial charge is 0.471 e. The lowest BCUT2D eigenvalue weighted by atomic mass is 9.72. The van der Waals surface area contributed by atoms with Gasteiger partial charge in [0.25, 0.3) is 0 Å². The van der Waals surface area contributed by atoms with Crippen LogP contribution in [0, 0.1) is 11.3 Å². The fourth-order valence-corrected chi connectivity index (χ4v) is 4.22. The first-order chi connectivity index (χ1) is 10.9. The van der Waals surface area contributed by atoms with Gasteiger partial charge < -0.3 is 10.1 Å². The van der Waals surface area contributed by atoms with E-state index in [1.807, 2.05) is 5.32 Å².